The van der Waals surface area contributed by atoms with Crippen LogP contribution in [-0.4, -0.2) is 19.1 Å². The summed E-state index contributed by atoms with van der Waals surface area (Å²) in [7, 11) is 1.13. The van der Waals surface area contributed by atoms with E-state index in [1.54, 1.807) is 0 Å². The molecule has 13 heavy (non-hydrogen) atoms. The van der Waals surface area contributed by atoms with E-state index in [0.29, 0.717) is 0 Å². The van der Waals surface area contributed by atoms with Crippen molar-refractivity contribution in [2.45, 2.75) is 0 Å². The molecule has 0 aliphatic rings. The second-order valence-electron chi connectivity index (χ2n) is 2.44. The number of hydrogen-bond acceptors (Lipinski definition) is 3. The number of rotatable bonds is 2. The van der Waals surface area contributed by atoms with Crippen LogP contribution in [0.1, 0.15) is 0 Å². The van der Waals surface area contributed by atoms with Crippen molar-refractivity contribution in [1.29, 1.82) is 0 Å². The summed E-state index contributed by atoms with van der Waals surface area (Å²) >= 11 is 0. The van der Waals surface area contributed by atoms with E-state index in [9.17, 15) is 12.9 Å². The number of ether oxygens (including phenoxy) is 1. The molecule has 0 atom stereocenters. The predicted molar refractivity (Wildman–Crippen MR) is 43.9 cm³/mol. The smallest absolute Gasteiger partial charge is 0.483 e. The van der Waals surface area contributed by atoms with Gasteiger partial charge in [0.1, 0.15) is 0 Å². The third-order valence-corrected chi connectivity index (χ3v) is 1.45. The van der Waals surface area contributed by atoms with Crippen LogP contribution in [0.15, 0.2) is 12.3 Å². The van der Waals surface area contributed by atoms with E-state index in [1.165, 1.54) is 0 Å². The number of aromatic nitrogens is 1. The van der Waals surface area contributed by atoms with Crippen LogP contribution in [0.4, 0.5) is 18.6 Å². The first-order valence-electron chi connectivity index (χ1n) is 3.44. The molecular weight excluding hydrogens is 184 g/mol. The maximum Gasteiger partial charge on any atom is 0.514 e. The molecule has 0 radical (unpaired) electrons. The van der Waals surface area contributed by atoms with Crippen molar-refractivity contribution < 1.29 is 17.7 Å². The molecule has 1 heterocycles. The van der Waals surface area contributed by atoms with E-state index in [2.05, 4.69) is 9.72 Å². The molecule has 0 aliphatic carbocycles. The van der Waals surface area contributed by atoms with Gasteiger partial charge in [-0.1, -0.05) is 6.07 Å². The highest BCUT2D eigenvalue weighted by atomic mass is 19.4. The highest BCUT2D eigenvalue weighted by molar-refractivity contribution is 6.74. The molecule has 0 aromatic carbocycles. The molecule has 3 nitrogen and oxygen atoms in total. The molecule has 7 heteroatoms. The summed E-state index contributed by atoms with van der Waals surface area (Å²) in [5.74, 6) is -0.443. The largest absolute Gasteiger partial charge is 0.514 e. The summed E-state index contributed by atoms with van der Waals surface area (Å²) in [6.07, 6.45) is 1.12. The van der Waals surface area contributed by atoms with Crippen LogP contribution in [0, 0.1) is 0 Å². The minimum Gasteiger partial charge on any atom is -0.483 e. The lowest BCUT2D eigenvalue weighted by molar-refractivity contribution is 0.396. The lowest BCUT2D eigenvalue weighted by Crippen LogP contribution is -2.36. The van der Waals surface area contributed by atoms with Gasteiger partial charge in [-0.05, 0) is 5.46 Å². The third kappa shape index (κ3) is 2.04. The van der Waals surface area contributed by atoms with Crippen molar-refractivity contribution in [3.05, 3.63) is 12.3 Å². The fourth-order valence-corrected chi connectivity index (χ4v) is 0.891. The molecule has 0 saturated heterocycles. The average molecular weight is 191 g/mol. The summed E-state index contributed by atoms with van der Waals surface area (Å²) < 4.78 is 41.4. The summed E-state index contributed by atoms with van der Waals surface area (Å²) in [6.45, 7) is -5.12. The van der Waals surface area contributed by atoms with Crippen LogP contribution >= 0.6 is 0 Å². The maximum atomic E-state index is 12.3. The first-order chi connectivity index (χ1) is 5.95. The normalized spacial score (nSPS) is 11.4. The fourth-order valence-electron chi connectivity index (χ4n) is 0.891. The van der Waals surface area contributed by atoms with Crippen LogP contribution in [0.5, 0.6) is 5.88 Å². The molecule has 72 valence electrons. The molecule has 0 aliphatic heterocycles. The second kappa shape index (κ2) is 3.16. The number of hydrogen-bond donors (Lipinski definition) is 1. The van der Waals surface area contributed by atoms with Gasteiger partial charge >= 0.3 is 6.98 Å². The van der Waals surface area contributed by atoms with Crippen molar-refractivity contribution in [2.24, 2.45) is 0 Å². The van der Waals surface area contributed by atoms with Gasteiger partial charge in [0.25, 0.3) is 0 Å². The second-order valence-corrected chi connectivity index (χ2v) is 2.44. The van der Waals surface area contributed by atoms with Crippen LogP contribution < -0.4 is 15.9 Å². The fraction of sp³-hybridized carbons (Fsp3) is 0.167. The summed E-state index contributed by atoms with van der Waals surface area (Å²) in [5, 5.41) is 0. The molecule has 0 unspecified atom stereocenters. The van der Waals surface area contributed by atoms with Crippen molar-refractivity contribution >= 4 is 18.1 Å². The zero-order valence-corrected chi connectivity index (χ0v) is 6.80. The predicted octanol–water partition coefficient (Wildman–Crippen LogP) is 0.727. The van der Waals surface area contributed by atoms with Crippen LogP contribution in [-0.2, 0) is 0 Å². The summed E-state index contributed by atoms with van der Waals surface area (Å²) in [6, 6.07) is 0.811. The molecule has 2 N–H and O–H groups in total. The van der Waals surface area contributed by atoms with E-state index < -0.39 is 18.3 Å². The van der Waals surface area contributed by atoms with E-state index in [-0.39, 0.29) is 5.69 Å². The molecule has 1 aromatic rings. The van der Waals surface area contributed by atoms with Gasteiger partial charge in [0.05, 0.1) is 13.3 Å². The molecule has 0 saturated carbocycles. The number of nitrogens with two attached hydrogens (primary N) is 1. The van der Waals surface area contributed by atoms with Gasteiger partial charge in [-0.3, -0.25) is 0 Å². The molecule has 0 spiro atoms. The molecule has 1 rings (SSSR count). The third-order valence-electron chi connectivity index (χ3n) is 1.45. The Labute approximate surface area is 72.8 Å². The van der Waals surface area contributed by atoms with Gasteiger partial charge < -0.3 is 23.4 Å². The Morgan fingerprint density at radius 1 is 1.46 bits per heavy atom. The zero-order chi connectivity index (χ0) is 10.1. The Balaban J connectivity index is 3.24. The molecule has 0 amide bonds. The van der Waals surface area contributed by atoms with E-state index >= 15 is 0 Å². The van der Waals surface area contributed by atoms with Crippen molar-refractivity contribution in [3.63, 3.8) is 0 Å². The average Bonchev–Trinajstić information content (AvgIpc) is 2.03. The maximum absolute atomic E-state index is 12.3. The Bertz CT molecular complexity index is 315. The Morgan fingerprint density at radius 3 is 2.54 bits per heavy atom. The molecule has 0 bridgehead atoms. The van der Waals surface area contributed by atoms with Gasteiger partial charge in [0, 0.05) is 5.69 Å². The molecule has 0 fully saturated rings. The number of halogens is 3. The van der Waals surface area contributed by atoms with Crippen LogP contribution in [0.25, 0.3) is 0 Å². The first-order valence-corrected chi connectivity index (χ1v) is 3.44. The lowest BCUT2D eigenvalue weighted by atomic mass is 9.80. The van der Waals surface area contributed by atoms with E-state index in [1.807, 2.05) is 0 Å². The molecule has 1 aromatic heterocycles. The first kappa shape index (κ1) is 9.69. The monoisotopic (exact) mass is 191 g/mol. The van der Waals surface area contributed by atoms with Crippen LogP contribution in [0.3, 0.4) is 0 Å². The van der Waals surface area contributed by atoms with Crippen molar-refractivity contribution in [1.82, 2.24) is 4.98 Å². The van der Waals surface area contributed by atoms with Gasteiger partial charge in [0.2, 0.25) is 0 Å². The number of pyridine rings is 1. The van der Waals surface area contributed by atoms with E-state index in [4.69, 9.17) is 5.73 Å². The van der Waals surface area contributed by atoms with Gasteiger partial charge in [-0.2, -0.15) is 0 Å². The van der Waals surface area contributed by atoms with Crippen molar-refractivity contribution in [3.8, 4) is 5.88 Å². The lowest BCUT2D eigenvalue weighted by Gasteiger charge is -2.17. The number of methoxy groups -OCH3 is 1. The highest BCUT2D eigenvalue weighted by Crippen LogP contribution is 2.16. The van der Waals surface area contributed by atoms with Gasteiger partial charge in [-0.15, -0.1) is 0 Å². The molecular formula is C6H7BF3N2O-. The minimum absolute atomic E-state index is 0.0324. The van der Waals surface area contributed by atoms with Gasteiger partial charge in [0.15, 0.2) is 5.88 Å². The summed E-state index contributed by atoms with van der Waals surface area (Å²) in [5.41, 5.74) is 4.24. The van der Waals surface area contributed by atoms with E-state index in [0.717, 1.165) is 19.4 Å². The standard InChI is InChI=1S/C6H7BF3N2O/c1-13-6-5(7(8,9)10)2-4(11)3-12-6/h2-3H,11H2,1H3/q-1. The SMILES string of the molecule is COc1ncc(N)cc1[B-](F)(F)F. The Hall–Kier alpha value is -1.40. The van der Waals surface area contributed by atoms with Crippen molar-refractivity contribution in [2.75, 3.05) is 12.8 Å². The van der Waals surface area contributed by atoms with Gasteiger partial charge in [-0.25, -0.2) is 4.98 Å². The quantitative estimate of drug-likeness (QED) is 0.700. The minimum atomic E-state index is -5.12. The van der Waals surface area contributed by atoms with Crippen LogP contribution in [0.2, 0.25) is 0 Å². The zero-order valence-electron chi connectivity index (χ0n) is 6.80. The number of nitrogen functional groups attached to an aromatic ring is 1. The number of anilines is 1. The highest BCUT2D eigenvalue weighted by Gasteiger charge is 2.30. The summed E-state index contributed by atoms with van der Waals surface area (Å²) in [4.78, 5) is 3.41. The number of nitrogens with zero attached hydrogens (tertiary/aromatic N) is 1. The topological polar surface area (TPSA) is 48.1 Å². The Kier molecular flexibility index (Phi) is 2.35. The Morgan fingerprint density at radius 2 is 2.08 bits per heavy atom.